The monoisotopic (exact) mass is 271 g/mol. The number of hydrogen-bond acceptors (Lipinski definition) is 3. The maximum Gasteiger partial charge on any atom is 0.123 e. The molecule has 2 aromatic rings. The van der Waals surface area contributed by atoms with E-state index in [0.717, 1.165) is 17.1 Å². The lowest BCUT2D eigenvalue weighted by atomic mass is 10.0. The molecular weight excluding hydrogens is 250 g/mol. The first kappa shape index (κ1) is 14.4. The smallest absolute Gasteiger partial charge is 0.123 e. The molecule has 0 fully saturated rings. The molecule has 0 aliphatic carbocycles. The van der Waals surface area contributed by atoms with E-state index in [-0.39, 0.29) is 0 Å². The number of benzene rings is 2. The second kappa shape index (κ2) is 6.44. The highest BCUT2D eigenvalue weighted by atomic mass is 16.5. The maximum absolute atomic E-state index is 5.90. The van der Waals surface area contributed by atoms with Crippen molar-refractivity contribution in [3.63, 3.8) is 0 Å². The third kappa shape index (κ3) is 3.31. The molecule has 0 spiro atoms. The summed E-state index contributed by atoms with van der Waals surface area (Å²) in [7, 11) is 1.64. The number of rotatable bonds is 5. The third-order valence-electron chi connectivity index (χ3n) is 3.44. The van der Waals surface area contributed by atoms with E-state index < -0.39 is 0 Å². The topological polar surface area (TPSA) is 44.5 Å². The van der Waals surface area contributed by atoms with Crippen LogP contribution < -0.4 is 15.2 Å². The van der Waals surface area contributed by atoms with Crippen LogP contribution >= 0.6 is 0 Å². The van der Waals surface area contributed by atoms with Crippen LogP contribution in [-0.4, -0.2) is 7.11 Å². The number of ether oxygens (including phenoxy) is 2. The molecule has 0 aromatic heterocycles. The Morgan fingerprint density at radius 1 is 1.00 bits per heavy atom. The van der Waals surface area contributed by atoms with Gasteiger partial charge in [-0.1, -0.05) is 18.2 Å². The van der Waals surface area contributed by atoms with Gasteiger partial charge in [0.15, 0.2) is 0 Å². The number of aryl methyl sites for hydroxylation is 2. The Labute approximate surface area is 120 Å². The molecule has 0 aliphatic heterocycles. The first-order valence-electron chi connectivity index (χ1n) is 6.70. The molecule has 0 aliphatic rings. The maximum atomic E-state index is 5.90. The van der Waals surface area contributed by atoms with E-state index in [0.29, 0.717) is 13.2 Å². The van der Waals surface area contributed by atoms with Crippen molar-refractivity contribution >= 4 is 0 Å². The predicted octanol–water partition coefficient (Wildman–Crippen LogP) is 3.35. The molecule has 0 saturated carbocycles. The van der Waals surface area contributed by atoms with E-state index in [1.54, 1.807) is 7.11 Å². The summed E-state index contributed by atoms with van der Waals surface area (Å²) in [6.45, 7) is 5.22. The fourth-order valence-electron chi connectivity index (χ4n) is 2.18. The van der Waals surface area contributed by atoms with Gasteiger partial charge in [0.2, 0.25) is 0 Å². The Balaban J connectivity index is 2.18. The van der Waals surface area contributed by atoms with Gasteiger partial charge in [-0.25, -0.2) is 0 Å². The van der Waals surface area contributed by atoms with Crippen molar-refractivity contribution in [1.29, 1.82) is 0 Å². The van der Waals surface area contributed by atoms with Gasteiger partial charge in [-0.15, -0.1) is 0 Å². The Bertz CT molecular complexity index is 551. The lowest BCUT2D eigenvalue weighted by molar-refractivity contribution is 0.301. The van der Waals surface area contributed by atoms with Crippen LogP contribution in [-0.2, 0) is 13.2 Å². The van der Waals surface area contributed by atoms with E-state index in [1.807, 2.05) is 18.2 Å². The zero-order valence-corrected chi connectivity index (χ0v) is 12.3. The molecule has 0 saturated heterocycles. The van der Waals surface area contributed by atoms with Crippen molar-refractivity contribution in [3.8, 4) is 11.5 Å². The van der Waals surface area contributed by atoms with Gasteiger partial charge in [0.25, 0.3) is 0 Å². The standard InChI is InChI=1S/C17H21NO2/c1-12-5-4-6-13(2)17(12)11-20-16-8-14(10-18)7-15(9-16)19-3/h4-9H,10-11,18H2,1-3H3. The molecule has 20 heavy (non-hydrogen) atoms. The van der Waals surface area contributed by atoms with Crippen LogP contribution in [0, 0.1) is 13.8 Å². The zero-order valence-electron chi connectivity index (χ0n) is 12.3. The largest absolute Gasteiger partial charge is 0.497 e. The fraction of sp³-hybridized carbons (Fsp3) is 0.294. The summed E-state index contributed by atoms with van der Waals surface area (Å²) < 4.78 is 11.2. The van der Waals surface area contributed by atoms with Crippen molar-refractivity contribution in [2.24, 2.45) is 5.73 Å². The van der Waals surface area contributed by atoms with Gasteiger partial charge in [-0.05, 0) is 48.2 Å². The van der Waals surface area contributed by atoms with Crippen LogP contribution in [0.1, 0.15) is 22.3 Å². The van der Waals surface area contributed by atoms with E-state index in [1.165, 1.54) is 16.7 Å². The van der Waals surface area contributed by atoms with Gasteiger partial charge in [0.1, 0.15) is 18.1 Å². The molecule has 3 heteroatoms. The highest BCUT2D eigenvalue weighted by Crippen LogP contribution is 2.24. The van der Waals surface area contributed by atoms with Crippen molar-refractivity contribution < 1.29 is 9.47 Å². The van der Waals surface area contributed by atoms with Gasteiger partial charge in [0, 0.05) is 12.6 Å². The summed E-state index contributed by atoms with van der Waals surface area (Å²) in [6.07, 6.45) is 0. The van der Waals surface area contributed by atoms with Crippen LogP contribution in [0.5, 0.6) is 11.5 Å². The molecule has 3 nitrogen and oxygen atoms in total. The Morgan fingerprint density at radius 3 is 2.25 bits per heavy atom. The number of nitrogens with two attached hydrogens (primary N) is 1. The van der Waals surface area contributed by atoms with Crippen molar-refractivity contribution in [2.45, 2.75) is 27.0 Å². The Morgan fingerprint density at radius 2 is 1.65 bits per heavy atom. The molecule has 0 bridgehead atoms. The molecule has 2 aromatic carbocycles. The summed E-state index contributed by atoms with van der Waals surface area (Å²) in [6, 6.07) is 12.0. The quantitative estimate of drug-likeness (QED) is 0.907. The predicted molar refractivity (Wildman–Crippen MR) is 81.1 cm³/mol. The van der Waals surface area contributed by atoms with E-state index >= 15 is 0 Å². The lowest BCUT2D eigenvalue weighted by Crippen LogP contribution is -2.02. The number of methoxy groups -OCH3 is 1. The zero-order chi connectivity index (χ0) is 14.5. The molecule has 0 heterocycles. The highest BCUT2D eigenvalue weighted by molar-refractivity contribution is 5.39. The van der Waals surface area contributed by atoms with E-state index in [2.05, 4.69) is 32.0 Å². The molecule has 106 valence electrons. The van der Waals surface area contributed by atoms with Crippen LogP contribution in [0.4, 0.5) is 0 Å². The van der Waals surface area contributed by atoms with Crippen LogP contribution in [0.25, 0.3) is 0 Å². The molecule has 2 rings (SSSR count). The molecule has 0 atom stereocenters. The summed E-state index contributed by atoms with van der Waals surface area (Å²) in [5.74, 6) is 1.55. The average molecular weight is 271 g/mol. The lowest BCUT2D eigenvalue weighted by Gasteiger charge is -2.13. The SMILES string of the molecule is COc1cc(CN)cc(OCc2c(C)cccc2C)c1. The summed E-state index contributed by atoms with van der Waals surface area (Å²) in [4.78, 5) is 0. The van der Waals surface area contributed by atoms with Gasteiger partial charge < -0.3 is 15.2 Å². The van der Waals surface area contributed by atoms with Gasteiger partial charge >= 0.3 is 0 Å². The van der Waals surface area contributed by atoms with Crippen molar-refractivity contribution in [1.82, 2.24) is 0 Å². The van der Waals surface area contributed by atoms with Gasteiger partial charge in [-0.3, -0.25) is 0 Å². The minimum atomic E-state index is 0.469. The molecular formula is C17H21NO2. The minimum absolute atomic E-state index is 0.469. The first-order chi connectivity index (χ1) is 9.63. The second-order valence-corrected chi connectivity index (χ2v) is 4.88. The molecule has 2 N–H and O–H groups in total. The van der Waals surface area contributed by atoms with E-state index in [9.17, 15) is 0 Å². The van der Waals surface area contributed by atoms with Crippen LogP contribution in [0.2, 0.25) is 0 Å². The van der Waals surface area contributed by atoms with Gasteiger partial charge in [0.05, 0.1) is 7.11 Å². The fourth-order valence-corrected chi connectivity index (χ4v) is 2.18. The average Bonchev–Trinajstić information content (AvgIpc) is 2.46. The van der Waals surface area contributed by atoms with Crippen LogP contribution in [0.3, 0.4) is 0 Å². The van der Waals surface area contributed by atoms with Crippen LogP contribution in [0.15, 0.2) is 36.4 Å². The Kier molecular flexibility index (Phi) is 4.64. The molecule has 0 amide bonds. The van der Waals surface area contributed by atoms with Crippen molar-refractivity contribution in [3.05, 3.63) is 58.7 Å². The first-order valence-corrected chi connectivity index (χ1v) is 6.70. The summed E-state index contributed by atoms with van der Waals surface area (Å²) in [5, 5.41) is 0. The normalized spacial score (nSPS) is 10.4. The Hall–Kier alpha value is -2.00. The summed E-state index contributed by atoms with van der Waals surface area (Å²) >= 11 is 0. The number of hydrogen-bond donors (Lipinski definition) is 1. The van der Waals surface area contributed by atoms with E-state index in [4.69, 9.17) is 15.2 Å². The second-order valence-electron chi connectivity index (χ2n) is 4.88. The van der Waals surface area contributed by atoms with Crippen molar-refractivity contribution in [2.75, 3.05) is 7.11 Å². The highest BCUT2D eigenvalue weighted by Gasteiger charge is 2.05. The van der Waals surface area contributed by atoms with Gasteiger partial charge in [-0.2, -0.15) is 0 Å². The molecule has 0 radical (unpaired) electrons. The minimum Gasteiger partial charge on any atom is -0.497 e. The third-order valence-corrected chi connectivity index (χ3v) is 3.44. The molecule has 0 unspecified atom stereocenters. The summed E-state index contributed by atoms with van der Waals surface area (Å²) in [5.41, 5.74) is 10.4.